The number of rotatable bonds is 5. The maximum Gasteiger partial charge on any atom is 0.350 e. The van der Waals surface area contributed by atoms with Gasteiger partial charge in [0.15, 0.2) is 0 Å². The zero-order chi connectivity index (χ0) is 28.3. The van der Waals surface area contributed by atoms with Crippen molar-refractivity contribution in [3.63, 3.8) is 0 Å². The molecule has 0 N–H and O–H groups in total. The van der Waals surface area contributed by atoms with E-state index in [0.717, 1.165) is 43.4 Å². The van der Waals surface area contributed by atoms with Gasteiger partial charge in [0.25, 0.3) is 0 Å². The predicted molar refractivity (Wildman–Crippen MR) is 160 cm³/mol. The number of methoxy groups -OCH3 is 1. The number of amides is 1. The Morgan fingerprint density at radius 3 is 2.77 bits per heavy atom. The van der Waals surface area contributed by atoms with Gasteiger partial charge in [-0.25, -0.2) is 4.79 Å². The van der Waals surface area contributed by atoms with Gasteiger partial charge in [0, 0.05) is 71.9 Å². The van der Waals surface area contributed by atoms with E-state index in [1.165, 1.54) is 6.08 Å². The summed E-state index contributed by atoms with van der Waals surface area (Å²) in [7, 11) is 3.63. The lowest BCUT2D eigenvalue weighted by Crippen LogP contribution is -2.58. The maximum absolute atomic E-state index is 13.8. The van der Waals surface area contributed by atoms with E-state index >= 15 is 0 Å². The molecular formula is C30H34N6O3S. The van der Waals surface area contributed by atoms with E-state index in [-0.39, 0.29) is 29.7 Å². The van der Waals surface area contributed by atoms with Gasteiger partial charge in [0.1, 0.15) is 5.82 Å². The number of piperazine rings is 1. The van der Waals surface area contributed by atoms with E-state index < -0.39 is 0 Å². The average molecular weight is 559 g/mol. The first-order valence-corrected chi connectivity index (χ1v) is 14.6. The third kappa shape index (κ3) is 4.04. The molecule has 0 spiro atoms. The highest BCUT2D eigenvalue weighted by molar-refractivity contribution is 7.99. The van der Waals surface area contributed by atoms with Gasteiger partial charge < -0.3 is 14.5 Å². The van der Waals surface area contributed by atoms with Crippen LogP contribution in [0.2, 0.25) is 0 Å². The Hall–Kier alpha value is -3.63. The number of aromatic nitrogens is 4. The van der Waals surface area contributed by atoms with E-state index in [1.54, 1.807) is 18.9 Å². The number of ether oxygens (including phenoxy) is 1. The van der Waals surface area contributed by atoms with Crippen LogP contribution in [0.25, 0.3) is 32.9 Å². The summed E-state index contributed by atoms with van der Waals surface area (Å²) in [5.74, 6) is 1.31. The van der Waals surface area contributed by atoms with Crippen molar-refractivity contribution in [1.82, 2.24) is 24.2 Å². The number of hydrogen-bond donors (Lipinski definition) is 0. The zero-order valence-electron chi connectivity index (χ0n) is 23.5. The Balaban J connectivity index is 1.62. The first-order chi connectivity index (χ1) is 19.2. The van der Waals surface area contributed by atoms with Gasteiger partial charge in [-0.05, 0) is 38.5 Å². The minimum atomic E-state index is -0.274. The van der Waals surface area contributed by atoms with Gasteiger partial charge in [-0.3, -0.25) is 14.0 Å². The van der Waals surface area contributed by atoms with Gasteiger partial charge in [0.05, 0.1) is 29.9 Å². The molecule has 1 amide bonds. The fourth-order valence-electron chi connectivity index (χ4n) is 6.37. The number of fused-ring (bicyclic) bond motifs is 1. The molecule has 3 atom stereocenters. The number of anilines is 1. The maximum atomic E-state index is 13.8. The van der Waals surface area contributed by atoms with Crippen LogP contribution in [0.4, 0.5) is 5.82 Å². The van der Waals surface area contributed by atoms with Gasteiger partial charge in [-0.1, -0.05) is 24.8 Å². The molecule has 208 valence electrons. The number of carbonyl (C=O) groups is 1. The molecule has 4 heterocycles. The lowest BCUT2D eigenvalue weighted by molar-refractivity contribution is -0.128. The molecule has 10 heteroatoms. The first kappa shape index (κ1) is 26.6. The summed E-state index contributed by atoms with van der Waals surface area (Å²) in [5.41, 5.74) is 5.02. The summed E-state index contributed by atoms with van der Waals surface area (Å²) in [6.07, 6.45) is 3.26. The highest BCUT2D eigenvalue weighted by Gasteiger charge is 2.35. The molecule has 1 fully saturated rings. The van der Waals surface area contributed by atoms with Crippen LogP contribution in [0, 0.1) is 6.92 Å². The molecule has 6 rings (SSSR count). The second-order valence-electron chi connectivity index (χ2n) is 10.9. The Morgan fingerprint density at radius 2 is 2.02 bits per heavy atom. The van der Waals surface area contributed by atoms with Crippen LogP contribution >= 0.6 is 11.8 Å². The second kappa shape index (κ2) is 10.1. The molecule has 0 aliphatic carbocycles. The van der Waals surface area contributed by atoms with E-state index in [9.17, 15) is 9.59 Å². The van der Waals surface area contributed by atoms with Crippen molar-refractivity contribution >= 4 is 45.3 Å². The molecule has 4 aromatic rings. The molecule has 40 heavy (non-hydrogen) atoms. The van der Waals surface area contributed by atoms with Crippen molar-refractivity contribution < 1.29 is 9.53 Å². The Kier molecular flexibility index (Phi) is 6.70. The lowest BCUT2D eigenvalue weighted by atomic mass is 9.95. The summed E-state index contributed by atoms with van der Waals surface area (Å²) in [4.78, 5) is 36.1. The third-order valence-corrected chi connectivity index (χ3v) is 9.47. The second-order valence-corrected chi connectivity index (χ2v) is 11.9. The van der Waals surface area contributed by atoms with Crippen molar-refractivity contribution in [2.24, 2.45) is 7.05 Å². The minimum absolute atomic E-state index is 0.0250. The standard InChI is InChI=1S/C30H34N6O3S/c1-7-24(37)34-13-19(4)35(14-18(34)3)29-23-11-17(2)25(22-10-8-9-20-12-31-33(5)26(20)22)28-27(23)36(30(38)32-29)21(15-39-6)16-40-28/h7-12,18-19,21H,1,13-16H2,2-6H3/t18-,19+,21?/m1/s1. The third-order valence-electron chi connectivity index (χ3n) is 8.23. The van der Waals surface area contributed by atoms with E-state index in [1.807, 2.05) is 34.3 Å². The number of nitrogens with zero attached hydrogens (tertiary/aromatic N) is 6. The number of para-hydroxylation sites is 1. The van der Waals surface area contributed by atoms with E-state index in [0.29, 0.717) is 31.3 Å². The van der Waals surface area contributed by atoms with Crippen LogP contribution in [0.5, 0.6) is 0 Å². The van der Waals surface area contributed by atoms with Crippen LogP contribution in [0.3, 0.4) is 0 Å². The molecule has 2 aromatic heterocycles. The first-order valence-electron chi connectivity index (χ1n) is 13.6. The molecule has 2 aliphatic heterocycles. The molecule has 0 bridgehead atoms. The molecule has 2 aromatic carbocycles. The van der Waals surface area contributed by atoms with Crippen LogP contribution in [0.1, 0.15) is 25.5 Å². The van der Waals surface area contributed by atoms with Gasteiger partial charge >= 0.3 is 5.69 Å². The van der Waals surface area contributed by atoms with Gasteiger partial charge in [0.2, 0.25) is 5.91 Å². The average Bonchev–Trinajstić information content (AvgIpc) is 3.33. The molecule has 0 radical (unpaired) electrons. The highest BCUT2D eigenvalue weighted by atomic mass is 32.2. The summed E-state index contributed by atoms with van der Waals surface area (Å²) in [6.45, 7) is 11.4. The monoisotopic (exact) mass is 558 g/mol. The molecule has 1 saturated heterocycles. The fraction of sp³-hybridized carbons (Fsp3) is 0.400. The van der Waals surface area contributed by atoms with Crippen molar-refractivity contribution in [2.45, 2.75) is 43.8 Å². The quantitative estimate of drug-likeness (QED) is 0.340. The van der Waals surface area contributed by atoms with E-state index in [2.05, 4.69) is 54.7 Å². The van der Waals surface area contributed by atoms with E-state index in [4.69, 9.17) is 9.72 Å². The molecule has 1 unspecified atom stereocenters. The zero-order valence-corrected chi connectivity index (χ0v) is 24.4. The van der Waals surface area contributed by atoms with Crippen LogP contribution in [-0.4, -0.2) is 74.8 Å². The lowest BCUT2D eigenvalue weighted by Gasteiger charge is -2.45. The Morgan fingerprint density at radius 1 is 1.23 bits per heavy atom. The van der Waals surface area contributed by atoms with Crippen LogP contribution < -0.4 is 10.6 Å². The topological polar surface area (TPSA) is 85.5 Å². The number of thioether (sulfide) groups is 1. The van der Waals surface area contributed by atoms with Gasteiger partial charge in [-0.2, -0.15) is 10.1 Å². The minimum Gasteiger partial charge on any atom is -0.383 e. The number of aryl methyl sites for hydroxylation is 2. The predicted octanol–water partition coefficient (Wildman–Crippen LogP) is 4.16. The SMILES string of the molecule is C=CC(=O)N1C[C@H](C)N(c2nc(=O)n3c4c(c(-c5cccc6cnn(C)c56)c(C)cc24)SCC3COC)C[C@H]1C. The molecule has 2 aliphatic rings. The molecular weight excluding hydrogens is 524 g/mol. The van der Waals surface area contributed by atoms with Crippen molar-refractivity contribution in [3.05, 3.63) is 59.2 Å². The Labute approximate surface area is 237 Å². The summed E-state index contributed by atoms with van der Waals surface area (Å²) in [6, 6.07) is 8.26. The number of hydrogen-bond acceptors (Lipinski definition) is 7. The molecule has 9 nitrogen and oxygen atoms in total. The fourth-order valence-corrected chi connectivity index (χ4v) is 7.73. The summed E-state index contributed by atoms with van der Waals surface area (Å²) >= 11 is 1.77. The van der Waals surface area contributed by atoms with Crippen molar-refractivity contribution in [1.29, 1.82) is 0 Å². The van der Waals surface area contributed by atoms with Gasteiger partial charge in [-0.15, -0.1) is 11.8 Å². The normalized spacial score (nSPS) is 20.9. The van der Waals surface area contributed by atoms with Crippen LogP contribution in [-0.2, 0) is 16.6 Å². The highest BCUT2D eigenvalue weighted by Crippen LogP contribution is 2.47. The Bertz CT molecular complexity index is 1730. The van der Waals surface area contributed by atoms with Crippen LogP contribution in [0.15, 0.2) is 52.8 Å². The van der Waals surface area contributed by atoms with Crippen molar-refractivity contribution in [3.8, 4) is 11.1 Å². The number of benzene rings is 2. The number of carbonyl (C=O) groups excluding carboxylic acids is 1. The largest absolute Gasteiger partial charge is 0.383 e. The molecule has 0 saturated carbocycles. The summed E-state index contributed by atoms with van der Waals surface area (Å²) in [5, 5.41) is 6.54. The smallest absolute Gasteiger partial charge is 0.350 e. The summed E-state index contributed by atoms with van der Waals surface area (Å²) < 4.78 is 9.29. The van der Waals surface area contributed by atoms with Crippen molar-refractivity contribution in [2.75, 3.05) is 37.5 Å².